The third-order valence-corrected chi connectivity index (χ3v) is 2.08. The number of nitrogens with one attached hydrogen (secondary N) is 1. The maximum Gasteiger partial charge on any atom is 0.229 e. The highest BCUT2D eigenvalue weighted by Crippen LogP contribution is 2.07. The lowest BCUT2D eigenvalue weighted by Gasteiger charge is -2.08. The average molecular weight is 259 g/mol. The molecule has 6 heteroatoms. The van der Waals surface area contributed by atoms with E-state index in [2.05, 4.69) is 31.2 Å². The normalized spacial score (nSPS) is 12.2. The maximum absolute atomic E-state index is 11.4. The summed E-state index contributed by atoms with van der Waals surface area (Å²) in [6.07, 6.45) is 2.99. The van der Waals surface area contributed by atoms with Gasteiger partial charge in [0.15, 0.2) is 5.82 Å². The van der Waals surface area contributed by atoms with E-state index in [0.29, 0.717) is 17.0 Å². The summed E-state index contributed by atoms with van der Waals surface area (Å²) in [6, 6.07) is 0. The van der Waals surface area contributed by atoms with Crippen LogP contribution >= 0.6 is 15.9 Å². The smallest absolute Gasteiger partial charge is 0.229 e. The van der Waals surface area contributed by atoms with Crippen molar-refractivity contribution >= 4 is 27.7 Å². The van der Waals surface area contributed by atoms with Crippen LogP contribution in [-0.2, 0) is 4.79 Å². The van der Waals surface area contributed by atoms with Crippen molar-refractivity contribution < 1.29 is 4.79 Å². The summed E-state index contributed by atoms with van der Waals surface area (Å²) in [4.78, 5) is 19.2. The molecule has 3 N–H and O–H groups in total. The molecular formula is C8H11BrN4O. The number of carbonyl (C=O) groups excluding carboxylic acids is 1. The summed E-state index contributed by atoms with van der Waals surface area (Å²) >= 11 is 3.15. The topological polar surface area (TPSA) is 80.9 Å². The van der Waals surface area contributed by atoms with Gasteiger partial charge in [0.05, 0.1) is 12.4 Å². The molecule has 1 atom stereocenters. The Morgan fingerprint density at radius 2 is 2.36 bits per heavy atom. The molecule has 5 nitrogen and oxygen atoms in total. The van der Waals surface area contributed by atoms with Crippen molar-refractivity contribution in [3.05, 3.63) is 17.0 Å². The first-order chi connectivity index (χ1) is 6.63. The van der Waals surface area contributed by atoms with Gasteiger partial charge in [-0.3, -0.25) is 4.79 Å². The van der Waals surface area contributed by atoms with Crippen molar-refractivity contribution in [3.8, 4) is 0 Å². The van der Waals surface area contributed by atoms with E-state index in [1.165, 1.54) is 12.4 Å². The molecule has 0 bridgehead atoms. The van der Waals surface area contributed by atoms with Gasteiger partial charge in [-0.2, -0.15) is 0 Å². The van der Waals surface area contributed by atoms with E-state index in [9.17, 15) is 4.79 Å². The molecule has 1 unspecified atom stereocenters. The van der Waals surface area contributed by atoms with E-state index in [0.717, 1.165) is 0 Å². The van der Waals surface area contributed by atoms with Crippen molar-refractivity contribution in [3.63, 3.8) is 0 Å². The maximum atomic E-state index is 11.4. The van der Waals surface area contributed by atoms with Crippen molar-refractivity contribution in [2.24, 2.45) is 11.7 Å². The third kappa shape index (κ3) is 3.04. The molecule has 0 aliphatic rings. The van der Waals surface area contributed by atoms with Gasteiger partial charge >= 0.3 is 0 Å². The van der Waals surface area contributed by atoms with Gasteiger partial charge in [0.2, 0.25) is 5.91 Å². The molecule has 0 saturated heterocycles. The SMILES string of the molecule is CC(CN)C(=O)Nc1cnc(Br)cn1. The van der Waals surface area contributed by atoms with Crippen LogP contribution in [0.15, 0.2) is 17.0 Å². The summed E-state index contributed by atoms with van der Waals surface area (Å²) in [5.41, 5.74) is 5.35. The largest absolute Gasteiger partial charge is 0.330 e. The van der Waals surface area contributed by atoms with Crippen LogP contribution < -0.4 is 11.1 Å². The van der Waals surface area contributed by atoms with Crippen LogP contribution in [0.2, 0.25) is 0 Å². The van der Waals surface area contributed by atoms with Gasteiger partial charge in [-0.05, 0) is 15.9 Å². The molecule has 76 valence electrons. The zero-order chi connectivity index (χ0) is 10.6. The lowest BCUT2D eigenvalue weighted by atomic mass is 10.2. The van der Waals surface area contributed by atoms with E-state index >= 15 is 0 Å². The van der Waals surface area contributed by atoms with Gasteiger partial charge in [0, 0.05) is 12.5 Å². The zero-order valence-electron chi connectivity index (χ0n) is 7.70. The summed E-state index contributed by atoms with van der Waals surface area (Å²) < 4.78 is 0.627. The monoisotopic (exact) mass is 258 g/mol. The minimum atomic E-state index is -0.222. The number of halogens is 1. The minimum absolute atomic E-state index is 0.149. The van der Waals surface area contributed by atoms with E-state index in [1.54, 1.807) is 6.92 Å². The Kier molecular flexibility index (Phi) is 3.97. The Morgan fingerprint density at radius 3 is 2.86 bits per heavy atom. The Bertz CT molecular complexity index is 314. The van der Waals surface area contributed by atoms with Gasteiger partial charge in [-0.1, -0.05) is 6.92 Å². The second-order valence-corrected chi connectivity index (χ2v) is 3.66. The second-order valence-electron chi connectivity index (χ2n) is 2.85. The van der Waals surface area contributed by atoms with Crippen LogP contribution in [-0.4, -0.2) is 22.4 Å². The van der Waals surface area contributed by atoms with E-state index in [4.69, 9.17) is 5.73 Å². The quantitative estimate of drug-likeness (QED) is 0.840. The number of nitrogens with zero attached hydrogens (tertiary/aromatic N) is 2. The first kappa shape index (κ1) is 11.1. The van der Waals surface area contributed by atoms with Gasteiger partial charge < -0.3 is 11.1 Å². The van der Waals surface area contributed by atoms with E-state index < -0.39 is 0 Å². The molecule has 0 radical (unpaired) electrons. The number of anilines is 1. The number of amides is 1. The van der Waals surface area contributed by atoms with Crippen molar-refractivity contribution in [2.45, 2.75) is 6.92 Å². The summed E-state index contributed by atoms with van der Waals surface area (Å²) in [6.45, 7) is 2.07. The fourth-order valence-corrected chi connectivity index (χ4v) is 0.938. The predicted molar refractivity (Wildman–Crippen MR) is 56.6 cm³/mol. The van der Waals surface area contributed by atoms with Gasteiger partial charge in [-0.25, -0.2) is 9.97 Å². The molecule has 1 amide bonds. The molecule has 14 heavy (non-hydrogen) atoms. The lowest BCUT2D eigenvalue weighted by Crippen LogP contribution is -2.27. The van der Waals surface area contributed by atoms with Crippen LogP contribution in [0.25, 0.3) is 0 Å². The van der Waals surface area contributed by atoms with Gasteiger partial charge in [0.25, 0.3) is 0 Å². The number of hydrogen-bond acceptors (Lipinski definition) is 4. The number of aromatic nitrogens is 2. The highest BCUT2D eigenvalue weighted by Gasteiger charge is 2.11. The molecule has 0 aliphatic heterocycles. The van der Waals surface area contributed by atoms with Crippen molar-refractivity contribution in [1.82, 2.24) is 9.97 Å². The molecule has 0 aliphatic carbocycles. The van der Waals surface area contributed by atoms with Gasteiger partial charge in [0.1, 0.15) is 4.60 Å². The molecule has 0 fully saturated rings. The molecule has 0 spiro atoms. The number of nitrogens with two attached hydrogens (primary N) is 1. The first-order valence-electron chi connectivity index (χ1n) is 4.12. The number of hydrogen-bond donors (Lipinski definition) is 2. The predicted octanol–water partition coefficient (Wildman–Crippen LogP) is 0.772. The molecule has 1 heterocycles. The highest BCUT2D eigenvalue weighted by atomic mass is 79.9. The molecule has 1 rings (SSSR count). The molecule has 1 aromatic heterocycles. The fraction of sp³-hybridized carbons (Fsp3) is 0.375. The van der Waals surface area contributed by atoms with E-state index in [-0.39, 0.29) is 11.8 Å². The van der Waals surface area contributed by atoms with Crippen molar-refractivity contribution in [1.29, 1.82) is 0 Å². The Morgan fingerprint density at radius 1 is 1.64 bits per heavy atom. The number of carbonyl (C=O) groups is 1. The molecular weight excluding hydrogens is 248 g/mol. The third-order valence-electron chi connectivity index (χ3n) is 1.67. The average Bonchev–Trinajstić information content (AvgIpc) is 2.20. The summed E-state index contributed by atoms with van der Waals surface area (Å²) in [5, 5.41) is 2.61. The minimum Gasteiger partial charge on any atom is -0.330 e. The molecule has 0 aromatic carbocycles. The van der Waals surface area contributed by atoms with Gasteiger partial charge in [-0.15, -0.1) is 0 Å². The second kappa shape index (κ2) is 5.02. The first-order valence-corrected chi connectivity index (χ1v) is 4.91. The van der Waals surface area contributed by atoms with Crippen LogP contribution in [0, 0.1) is 5.92 Å². The Balaban J connectivity index is 2.60. The van der Waals surface area contributed by atoms with Crippen LogP contribution in [0.4, 0.5) is 5.82 Å². The van der Waals surface area contributed by atoms with E-state index in [1.807, 2.05) is 0 Å². The molecule has 1 aromatic rings. The van der Waals surface area contributed by atoms with Crippen LogP contribution in [0.3, 0.4) is 0 Å². The summed E-state index contributed by atoms with van der Waals surface area (Å²) in [7, 11) is 0. The van der Waals surface area contributed by atoms with Crippen LogP contribution in [0.1, 0.15) is 6.92 Å². The highest BCUT2D eigenvalue weighted by molar-refractivity contribution is 9.10. The Labute approximate surface area is 90.2 Å². The Hall–Kier alpha value is -1.01. The number of rotatable bonds is 3. The fourth-order valence-electron chi connectivity index (χ4n) is 0.733. The zero-order valence-corrected chi connectivity index (χ0v) is 9.28. The summed E-state index contributed by atoms with van der Waals surface area (Å²) in [5.74, 6) is 0.0584. The lowest BCUT2D eigenvalue weighted by molar-refractivity contribution is -0.119. The van der Waals surface area contributed by atoms with Crippen molar-refractivity contribution in [2.75, 3.05) is 11.9 Å². The molecule has 0 saturated carbocycles. The standard InChI is InChI=1S/C8H11BrN4O/c1-5(2-10)8(14)13-7-4-11-6(9)3-12-7/h3-5H,2,10H2,1H3,(H,12,13,14). The van der Waals surface area contributed by atoms with Crippen LogP contribution in [0.5, 0.6) is 0 Å².